The topological polar surface area (TPSA) is 12.0 Å². The van der Waals surface area contributed by atoms with E-state index in [1.807, 2.05) is 23.9 Å². The molecule has 112 valence electrons. The summed E-state index contributed by atoms with van der Waals surface area (Å²) >= 11 is 13.9. The summed E-state index contributed by atoms with van der Waals surface area (Å²) in [7, 11) is 0. The third-order valence-electron chi connectivity index (χ3n) is 3.95. The molecule has 1 aromatic carbocycles. The van der Waals surface area contributed by atoms with E-state index in [2.05, 4.69) is 18.3 Å². The second kappa shape index (κ2) is 8.53. The summed E-state index contributed by atoms with van der Waals surface area (Å²) in [5.41, 5.74) is 0. The molecule has 0 bridgehead atoms. The molecule has 1 fully saturated rings. The summed E-state index contributed by atoms with van der Waals surface area (Å²) in [6, 6.07) is 6.54. The average Bonchev–Trinajstić information content (AvgIpc) is 2.97. The van der Waals surface area contributed by atoms with Crippen LogP contribution in [0.25, 0.3) is 0 Å². The predicted molar refractivity (Wildman–Crippen MR) is 91.2 cm³/mol. The van der Waals surface area contributed by atoms with E-state index < -0.39 is 0 Å². The van der Waals surface area contributed by atoms with Gasteiger partial charge in [0.15, 0.2) is 0 Å². The maximum absolute atomic E-state index is 6.08. The van der Waals surface area contributed by atoms with Crippen molar-refractivity contribution in [3.05, 3.63) is 28.2 Å². The molecule has 1 aromatic rings. The number of hydrogen-bond acceptors (Lipinski definition) is 2. The molecule has 2 rings (SSSR count). The van der Waals surface area contributed by atoms with Crippen LogP contribution < -0.4 is 5.32 Å². The highest BCUT2D eigenvalue weighted by molar-refractivity contribution is 7.99. The van der Waals surface area contributed by atoms with Crippen molar-refractivity contribution in [2.24, 2.45) is 5.92 Å². The lowest BCUT2D eigenvalue weighted by molar-refractivity contribution is 0.388. The van der Waals surface area contributed by atoms with Crippen LogP contribution in [0.1, 0.15) is 39.0 Å². The molecular formula is C16H23Cl2NS. The van der Waals surface area contributed by atoms with Crippen LogP contribution in [0.5, 0.6) is 0 Å². The second-order valence-electron chi connectivity index (χ2n) is 5.49. The number of nitrogens with one attached hydrogen (secondary N) is 1. The van der Waals surface area contributed by atoms with Gasteiger partial charge in [-0.25, -0.2) is 0 Å². The molecule has 4 heteroatoms. The number of rotatable bonds is 7. The lowest BCUT2D eigenvalue weighted by atomic mass is 10.00. The van der Waals surface area contributed by atoms with Gasteiger partial charge in [0.1, 0.15) is 0 Å². The number of halogens is 2. The first-order valence-electron chi connectivity index (χ1n) is 7.52. The highest BCUT2D eigenvalue weighted by Gasteiger charge is 2.24. The largest absolute Gasteiger partial charge is 0.313 e. The summed E-state index contributed by atoms with van der Waals surface area (Å²) in [6.07, 6.45) is 6.74. The van der Waals surface area contributed by atoms with Gasteiger partial charge in [0.2, 0.25) is 0 Å². The van der Waals surface area contributed by atoms with Crippen LogP contribution in [0.15, 0.2) is 23.1 Å². The van der Waals surface area contributed by atoms with Crippen molar-refractivity contribution in [2.75, 3.05) is 12.3 Å². The van der Waals surface area contributed by atoms with Gasteiger partial charge in [-0.2, -0.15) is 0 Å². The molecule has 1 unspecified atom stereocenters. The molecule has 0 spiro atoms. The van der Waals surface area contributed by atoms with E-state index in [-0.39, 0.29) is 0 Å². The number of thioether (sulfide) groups is 1. The minimum Gasteiger partial charge on any atom is -0.313 e. The fourth-order valence-electron chi connectivity index (χ4n) is 2.80. The zero-order valence-corrected chi connectivity index (χ0v) is 14.3. The maximum Gasteiger partial charge on any atom is 0.0603 e. The monoisotopic (exact) mass is 331 g/mol. The summed E-state index contributed by atoms with van der Waals surface area (Å²) < 4.78 is 0. The van der Waals surface area contributed by atoms with Crippen molar-refractivity contribution >= 4 is 35.0 Å². The first-order valence-corrected chi connectivity index (χ1v) is 9.26. The van der Waals surface area contributed by atoms with Gasteiger partial charge in [-0.15, -0.1) is 11.8 Å². The molecule has 1 atom stereocenters. The van der Waals surface area contributed by atoms with Gasteiger partial charge in [-0.05, 0) is 49.9 Å². The minimum absolute atomic E-state index is 0.622. The molecule has 1 aliphatic rings. The summed E-state index contributed by atoms with van der Waals surface area (Å²) in [5, 5.41) is 5.01. The normalized spacial score (nSPS) is 17.6. The Morgan fingerprint density at radius 1 is 1.25 bits per heavy atom. The first-order chi connectivity index (χ1) is 9.70. The molecule has 1 N–H and O–H groups in total. The number of hydrogen-bond donors (Lipinski definition) is 1. The lowest BCUT2D eigenvalue weighted by Crippen LogP contribution is -2.37. The summed E-state index contributed by atoms with van der Waals surface area (Å²) in [5.74, 6) is 1.96. The van der Waals surface area contributed by atoms with Crippen LogP contribution in [-0.2, 0) is 0 Å². The molecule has 0 heterocycles. The summed E-state index contributed by atoms with van der Waals surface area (Å²) in [4.78, 5) is 1.21. The van der Waals surface area contributed by atoms with E-state index in [4.69, 9.17) is 23.2 Å². The molecule has 1 nitrogen and oxygen atoms in total. The summed E-state index contributed by atoms with van der Waals surface area (Å²) in [6.45, 7) is 3.34. The first kappa shape index (κ1) is 16.5. The van der Waals surface area contributed by atoms with Crippen molar-refractivity contribution in [1.82, 2.24) is 5.32 Å². The molecule has 0 radical (unpaired) electrons. The Balaban J connectivity index is 1.91. The Labute approximate surface area is 136 Å². The third-order valence-corrected chi connectivity index (χ3v) is 5.80. The third kappa shape index (κ3) is 4.84. The van der Waals surface area contributed by atoms with Gasteiger partial charge < -0.3 is 5.32 Å². The van der Waals surface area contributed by atoms with Crippen LogP contribution in [-0.4, -0.2) is 18.3 Å². The SMILES string of the molecule is CCCNC(CSc1ccc(Cl)c(Cl)c1)C1CCCC1. The van der Waals surface area contributed by atoms with Gasteiger partial charge in [0.25, 0.3) is 0 Å². The van der Waals surface area contributed by atoms with Crippen LogP contribution in [0, 0.1) is 5.92 Å². The van der Waals surface area contributed by atoms with E-state index in [1.165, 1.54) is 37.0 Å². The smallest absolute Gasteiger partial charge is 0.0603 e. The van der Waals surface area contributed by atoms with E-state index in [0.29, 0.717) is 16.1 Å². The van der Waals surface area contributed by atoms with Crippen molar-refractivity contribution in [2.45, 2.75) is 50.0 Å². The fourth-order valence-corrected chi connectivity index (χ4v) is 4.29. The van der Waals surface area contributed by atoms with Gasteiger partial charge in [-0.1, -0.05) is 43.0 Å². The Morgan fingerprint density at radius 2 is 2.00 bits per heavy atom. The molecule has 1 aliphatic carbocycles. The Kier molecular flexibility index (Phi) is 7.03. The van der Waals surface area contributed by atoms with Crippen LogP contribution in [0.4, 0.5) is 0 Å². The Morgan fingerprint density at radius 3 is 2.65 bits per heavy atom. The quantitative estimate of drug-likeness (QED) is 0.648. The van der Waals surface area contributed by atoms with Gasteiger partial charge >= 0.3 is 0 Å². The molecule has 0 amide bonds. The van der Waals surface area contributed by atoms with E-state index in [0.717, 1.165) is 18.2 Å². The Hall–Kier alpha value is 0.110. The van der Waals surface area contributed by atoms with Gasteiger partial charge in [0.05, 0.1) is 10.0 Å². The molecule has 1 saturated carbocycles. The van der Waals surface area contributed by atoms with Crippen LogP contribution >= 0.6 is 35.0 Å². The van der Waals surface area contributed by atoms with Gasteiger partial charge in [0, 0.05) is 16.7 Å². The minimum atomic E-state index is 0.622. The van der Waals surface area contributed by atoms with Gasteiger partial charge in [-0.3, -0.25) is 0 Å². The fraction of sp³-hybridized carbons (Fsp3) is 0.625. The molecule has 0 saturated heterocycles. The highest BCUT2D eigenvalue weighted by atomic mass is 35.5. The number of benzene rings is 1. The second-order valence-corrected chi connectivity index (χ2v) is 7.40. The van der Waals surface area contributed by atoms with E-state index >= 15 is 0 Å². The maximum atomic E-state index is 6.08. The van der Waals surface area contributed by atoms with Crippen LogP contribution in [0.3, 0.4) is 0 Å². The van der Waals surface area contributed by atoms with E-state index in [9.17, 15) is 0 Å². The van der Waals surface area contributed by atoms with Crippen molar-refractivity contribution in [1.29, 1.82) is 0 Å². The molecule has 20 heavy (non-hydrogen) atoms. The Bertz CT molecular complexity index is 419. The highest BCUT2D eigenvalue weighted by Crippen LogP contribution is 2.32. The molecular weight excluding hydrogens is 309 g/mol. The van der Waals surface area contributed by atoms with Crippen molar-refractivity contribution in [3.63, 3.8) is 0 Å². The average molecular weight is 332 g/mol. The van der Waals surface area contributed by atoms with Crippen LogP contribution in [0.2, 0.25) is 10.0 Å². The zero-order chi connectivity index (χ0) is 14.4. The van der Waals surface area contributed by atoms with Crippen molar-refractivity contribution in [3.8, 4) is 0 Å². The molecule has 0 aromatic heterocycles. The zero-order valence-electron chi connectivity index (χ0n) is 12.0. The van der Waals surface area contributed by atoms with Crippen molar-refractivity contribution < 1.29 is 0 Å². The lowest BCUT2D eigenvalue weighted by Gasteiger charge is -2.24. The molecule has 0 aliphatic heterocycles. The predicted octanol–water partition coefficient (Wildman–Crippen LogP) is 5.64. The van der Waals surface area contributed by atoms with E-state index in [1.54, 1.807) is 0 Å². The standard InChI is InChI=1S/C16H23Cl2NS/c1-2-9-19-16(12-5-3-4-6-12)11-20-13-7-8-14(17)15(18)10-13/h7-8,10,12,16,19H,2-6,9,11H2,1H3.